The molecule has 0 aromatic rings. The van der Waals surface area contributed by atoms with E-state index in [-0.39, 0.29) is 12.1 Å². The van der Waals surface area contributed by atoms with Crippen molar-refractivity contribution in [3.8, 4) is 0 Å². The summed E-state index contributed by atoms with van der Waals surface area (Å²) >= 11 is 0. The Labute approximate surface area is 79.9 Å². The van der Waals surface area contributed by atoms with E-state index in [1.165, 1.54) is 38.8 Å². The third-order valence-electron chi connectivity index (χ3n) is 3.66. The molecule has 0 aromatic carbocycles. The number of rotatable bonds is 1. The van der Waals surface area contributed by atoms with E-state index < -0.39 is 0 Å². The molecule has 0 bridgehead atoms. The monoisotopic (exact) mass is 184 g/mol. The van der Waals surface area contributed by atoms with Crippen LogP contribution in [0.25, 0.3) is 0 Å². The van der Waals surface area contributed by atoms with E-state index in [1.807, 2.05) is 0 Å². The van der Waals surface area contributed by atoms with Crippen molar-refractivity contribution < 1.29 is 5.11 Å². The fraction of sp³-hybridized carbons (Fsp3) is 1.00. The molecule has 0 aromatic heterocycles. The number of hydrogen-bond donors (Lipinski definition) is 2. The van der Waals surface area contributed by atoms with Crippen LogP contribution >= 0.6 is 0 Å². The Morgan fingerprint density at radius 1 is 1.31 bits per heavy atom. The van der Waals surface area contributed by atoms with Crippen LogP contribution in [-0.2, 0) is 0 Å². The van der Waals surface area contributed by atoms with E-state index in [9.17, 15) is 5.11 Å². The maximum atomic E-state index is 9.37. The first-order chi connectivity index (χ1) is 6.26. The van der Waals surface area contributed by atoms with Crippen LogP contribution in [0.1, 0.15) is 32.1 Å². The largest absolute Gasteiger partial charge is 0.394 e. The Morgan fingerprint density at radius 3 is 2.85 bits per heavy atom. The molecule has 0 radical (unpaired) electrons. The van der Waals surface area contributed by atoms with Crippen LogP contribution in [-0.4, -0.2) is 41.3 Å². The van der Waals surface area contributed by atoms with Gasteiger partial charge in [0.1, 0.15) is 0 Å². The Bertz CT molecular complexity index is 186. The van der Waals surface area contributed by atoms with Gasteiger partial charge in [-0.1, -0.05) is 6.42 Å². The molecule has 0 aliphatic carbocycles. The molecule has 3 N–H and O–H groups in total. The summed E-state index contributed by atoms with van der Waals surface area (Å²) in [5.41, 5.74) is 5.94. The smallest absolute Gasteiger partial charge is 0.0626 e. The van der Waals surface area contributed by atoms with Crippen LogP contribution in [0, 0.1) is 0 Å². The van der Waals surface area contributed by atoms with E-state index in [1.54, 1.807) is 0 Å². The van der Waals surface area contributed by atoms with Crippen LogP contribution in [0.3, 0.4) is 0 Å². The minimum absolute atomic E-state index is 0.147. The Kier molecular flexibility index (Phi) is 2.58. The molecule has 3 nitrogen and oxygen atoms in total. The van der Waals surface area contributed by atoms with Gasteiger partial charge in [-0.3, -0.25) is 4.90 Å². The van der Waals surface area contributed by atoms with Crippen molar-refractivity contribution in [1.82, 2.24) is 4.90 Å². The van der Waals surface area contributed by atoms with Gasteiger partial charge in [-0.2, -0.15) is 0 Å². The van der Waals surface area contributed by atoms with E-state index in [4.69, 9.17) is 5.73 Å². The third kappa shape index (κ3) is 1.60. The predicted molar refractivity (Wildman–Crippen MR) is 52.5 cm³/mol. The highest BCUT2D eigenvalue weighted by Gasteiger charge is 2.41. The third-order valence-corrected chi connectivity index (χ3v) is 3.66. The van der Waals surface area contributed by atoms with Gasteiger partial charge in [-0.15, -0.1) is 0 Å². The number of hydrogen-bond acceptors (Lipinski definition) is 3. The van der Waals surface area contributed by atoms with E-state index in [0.29, 0.717) is 6.04 Å². The van der Waals surface area contributed by atoms with E-state index in [2.05, 4.69) is 4.90 Å². The molecule has 0 spiro atoms. The summed E-state index contributed by atoms with van der Waals surface area (Å²) in [6.07, 6.45) is 5.84. The van der Waals surface area contributed by atoms with Gasteiger partial charge in [0.2, 0.25) is 0 Å². The molecule has 2 heterocycles. The second kappa shape index (κ2) is 3.56. The second-order valence-corrected chi connectivity index (χ2v) is 4.54. The zero-order valence-corrected chi connectivity index (χ0v) is 8.21. The van der Waals surface area contributed by atoms with Crippen LogP contribution in [0.2, 0.25) is 0 Å². The highest BCUT2D eigenvalue weighted by molar-refractivity contribution is 5.01. The molecule has 2 fully saturated rings. The number of fused-ring (bicyclic) bond motifs is 1. The van der Waals surface area contributed by atoms with Crippen molar-refractivity contribution in [3.63, 3.8) is 0 Å². The summed E-state index contributed by atoms with van der Waals surface area (Å²) < 4.78 is 0. The molecule has 2 aliphatic rings. The van der Waals surface area contributed by atoms with Gasteiger partial charge in [0.25, 0.3) is 0 Å². The molecule has 76 valence electrons. The first kappa shape index (κ1) is 9.44. The predicted octanol–water partition coefficient (Wildman–Crippen LogP) is 0.324. The zero-order valence-electron chi connectivity index (χ0n) is 8.21. The van der Waals surface area contributed by atoms with Crippen LogP contribution < -0.4 is 5.73 Å². The topological polar surface area (TPSA) is 49.5 Å². The summed E-state index contributed by atoms with van der Waals surface area (Å²) in [5, 5.41) is 9.37. The summed E-state index contributed by atoms with van der Waals surface area (Å²) in [6.45, 7) is 2.52. The average Bonchev–Trinajstić information content (AvgIpc) is 2.55. The van der Waals surface area contributed by atoms with Gasteiger partial charge < -0.3 is 10.8 Å². The number of aliphatic hydroxyl groups is 1. The van der Waals surface area contributed by atoms with Crippen molar-refractivity contribution >= 4 is 0 Å². The van der Waals surface area contributed by atoms with Crippen molar-refractivity contribution in [2.75, 3.05) is 19.7 Å². The molecular weight excluding hydrogens is 164 g/mol. The Morgan fingerprint density at radius 2 is 2.08 bits per heavy atom. The lowest BCUT2D eigenvalue weighted by Gasteiger charge is -2.36. The number of nitrogens with two attached hydrogens (primary N) is 1. The molecule has 2 atom stereocenters. The molecule has 13 heavy (non-hydrogen) atoms. The van der Waals surface area contributed by atoms with Gasteiger partial charge in [-0.05, 0) is 38.8 Å². The lowest BCUT2D eigenvalue weighted by molar-refractivity contribution is 0.108. The molecule has 2 rings (SSSR count). The highest BCUT2D eigenvalue weighted by Crippen LogP contribution is 2.31. The fourth-order valence-electron chi connectivity index (χ4n) is 2.86. The maximum absolute atomic E-state index is 9.37. The van der Waals surface area contributed by atoms with Gasteiger partial charge in [0.05, 0.1) is 12.1 Å². The normalized spacial score (nSPS) is 41.5. The zero-order chi connectivity index (χ0) is 9.31. The molecule has 2 unspecified atom stereocenters. The summed E-state index contributed by atoms with van der Waals surface area (Å²) in [4.78, 5) is 2.48. The van der Waals surface area contributed by atoms with Gasteiger partial charge in [-0.25, -0.2) is 0 Å². The molecule has 0 amide bonds. The van der Waals surface area contributed by atoms with E-state index >= 15 is 0 Å². The lowest BCUT2D eigenvalue weighted by Crippen LogP contribution is -2.57. The quantitative estimate of drug-likeness (QED) is 0.617. The minimum Gasteiger partial charge on any atom is -0.394 e. The molecular formula is C10H20N2O. The van der Waals surface area contributed by atoms with Crippen LogP contribution in [0.4, 0.5) is 0 Å². The Balaban J connectivity index is 2.15. The van der Waals surface area contributed by atoms with Gasteiger partial charge >= 0.3 is 0 Å². The fourth-order valence-corrected chi connectivity index (χ4v) is 2.86. The minimum atomic E-state index is -0.312. The highest BCUT2D eigenvalue weighted by atomic mass is 16.3. The summed E-state index contributed by atoms with van der Waals surface area (Å²) in [7, 11) is 0. The molecule has 0 saturated carbocycles. The van der Waals surface area contributed by atoms with Crippen molar-refractivity contribution in [2.24, 2.45) is 5.73 Å². The number of aliphatic hydroxyl groups excluding tert-OH is 1. The van der Waals surface area contributed by atoms with Gasteiger partial charge in [0.15, 0.2) is 0 Å². The van der Waals surface area contributed by atoms with Gasteiger partial charge in [0, 0.05) is 6.04 Å². The van der Waals surface area contributed by atoms with E-state index in [0.717, 1.165) is 6.42 Å². The van der Waals surface area contributed by atoms with Crippen LogP contribution in [0.15, 0.2) is 0 Å². The summed E-state index contributed by atoms with van der Waals surface area (Å²) in [5.74, 6) is 0. The first-order valence-corrected chi connectivity index (χ1v) is 5.40. The lowest BCUT2D eigenvalue weighted by atomic mass is 9.86. The SMILES string of the molecule is NC1(CO)CCCCN2CCCC21. The maximum Gasteiger partial charge on any atom is 0.0626 e. The van der Waals surface area contributed by atoms with Crippen LogP contribution in [0.5, 0.6) is 0 Å². The standard InChI is InChI=1S/C10H20N2O/c11-10(8-13)5-1-2-6-12-7-3-4-9(10)12/h9,13H,1-8,11H2. The second-order valence-electron chi connectivity index (χ2n) is 4.54. The average molecular weight is 184 g/mol. The van der Waals surface area contributed by atoms with Crippen molar-refractivity contribution in [1.29, 1.82) is 0 Å². The number of nitrogens with zero attached hydrogens (tertiary/aromatic N) is 1. The molecule has 2 aliphatic heterocycles. The van der Waals surface area contributed by atoms with Crippen molar-refractivity contribution in [3.05, 3.63) is 0 Å². The molecule has 2 saturated heterocycles. The molecule has 3 heteroatoms. The summed E-state index contributed by atoms with van der Waals surface area (Å²) in [6, 6.07) is 0.444. The van der Waals surface area contributed by atoms with Crippen molar-refractivity contribution in [2.45, 2.75) is 43.7 Å². The Hall–Kier alpha value is -0.120. The first-order valence-electron chi connectivity index (χ1n) is 5.40.